The normalized spacial score (nSPS) is 23.8. The molecule has 0 aromatic carbocycles. The van der Waals surface area contributed by atoms with Crippen molar-refractivity contribution in [3.8, 4) is 0 Å². The van der Waals surface area contributed by atoms with Crippen LogP contribution in [0.5, 0.6) is 0 Å². The van der Waals surface area contributed by atoms with Crippen LogP contribution in [0.4, 0.5) is 0 Å². The molecule has 96 valence electrons. The smallest absolute Gasteiger partial charge is 0.194 e. The summed E-state index contributed by atoms with van der Waals surface area (Å²) in [5.74, 6) is 2.53. The minimum Gasteiger partial charge on any atom is -0.444 e. The quantitative estimate of drug-likeness (QED) is 0.867. The Balaban J connectivity index is 1.92. The van der Waals surface area contributed by atoms with Gasteiger partial charge in [-0.3, -0.25) is 0 Å². The summed E-state index contributed by atoms with van der Waals surface area (Å²) in [4.78, 5) is 6.78. The molecule has 0 radical (unpaired) electrons. The van der Waals surface area contributed by atoms with E-state index in [1.807, 2.05) is 13.2 Å². The molecule has 2 rings (SSSR count). The molecule has 1 fully saturated rings. The molecule has 1 saturated heterocycles. The van der Waals surface area contributed by atoms with Crippen LogP contribution in [0.3, 0.4) is 0 Å². The van der Waals surface area contributed by atoms with Crippen molar-refractivity contribution >= 4 is 0 Å². The van der Waals surface area contributed by atoms with Gasteiger partial charge in [0.05, 0.1) is 12.2 Å². The fraction of sp³-hybridized carbons (Fsp3) is 0.769. The molecular weight excluding hydrogens is 214 g/mol. The van der Waals surface area contributed by atoms with E-state index in [0.29, 0.717) is 5.92 Å². The number of hydrogen-bond acceptors (Lipinski definition) is 4. The van der Waals surface area contributed by atoms with Gasteiger partial charge in [-0.05, 0) is 46.3 Å². The minimum absolute atomic E-state index is 0.241. The topological polar surface area (TPSA) is 41.3 Å². The van der Waals surface area contributed by atoms with Crippen molar-refractivity contribution < 1.29 is 4.42 Å². The van der Waals surface area contributed by atoms with Gasteiger partial charge >= 0.3 is 0 Å². The molecule has 0 aliphatic carbocycles. The Kier molecular flexibility index (Phi) is 4.18. The molecule has 1 aromatic rings. The minimum atomic E-state index is 0.241. The molecule has 0 amide bonds. The zero-order valence-corrected chi connectivity index (χ0v) is 11.1. The first-order valence-corrected chi connectivity index (χ1v) is 6.49. The number of nitrogens with one attached hydrogen (secondary N) is 1. The second kappa shape index (κ2) is 5.65. The number of nitrogens with zero attached hydrogens (tertiary/aromatic N) is 2. The van der Waals surface area contributed by atoms with Crippen molar-refractivity contribution in [3.05, 3.63) is 17.8 Å². The Morgan fingerprint density at radius 2 is 2.47 bits per heavy atom. The highest BCUT2D eigenvalue weighted by Gasteiger charge is 2.20. The van der Waals surface area contributed by atoms with Crippen LogP contribution in [0.25, 0.3) is 0 Å². The first-order valence-electron chi connectivity index (χ1n) is 6.49. The molecule has 17 heavy (non-hydrogen) atoms. The van der Waals surface area contributed by atoms with Crippen LogP contribution in [0.2, 0.25) is 0 Å². The lowest BCUT2D eigenvalue weighted by Crippen LogP contribution is -2.33. The van der Waals surface area contributed by atoms with Gasteiger partial charge in [0, 0.05) is 13.0 Å². The van der Waals surface area contributed by atoms with Gasteiger partial charge in [-0.25, -0.2) is 4.98 Å². The van der Waals surface area contributed by atoms with Gasteiger partial charge in [0.25, 0.3) is 0 Å². The molecule has 1 aliphatic heterocycles. The fourth-order valence-electron chi connectivity index (χ4n) is 2.45. The molecule has 0 spiro atoms. The summed E-state index contributed by atoms with van der Waals surface area (Å²) in [7, 11) is 4.12. The van der Waals surface area contributed by atoms with Gasteiger partial charge in [0.15, 0.2) is 5.89 Å². The predicted octanol–water partition coefficient (Wildman–Crippen LogP) is 1.84. The van der Waals surface area contributed by atoms with E-state index in [4.69, 9.17) is 4.42 Å². The Hall–Kier alpha value is -0.870. The summed E-state index contributed by atoms with van der Waals surface area (Å²) in [6, 6.07) is 0.241. The zero-order valence-electron chi connectivity index (χ0n) is 11.1. The number of likely N-dealkylation sites (tertiary alicyclic amines) is 1. The summed E-state index contributed by atoms with van der Waals surface area (Å²) < 4.78 is 5.78. The van der Waals surface area contributed by atoms with Crippen molar-refractivity contribution in [2.45, 2.75) is 32.2 Å². The highest BCUT2D eigenvalue weighted by Crippen LogP contribution is 2.21. The van der Waals surface area contributed by atoms with E-state index < -0.39 is 0 Å². The summed E-state index contributed by atoms with van der Waals surface area (Å²) in [5, 5.41) is 3.16. The molecular formula is C13H23N3O. The first kappa shape index (κ1) is 12.6. The molecule has 0 bridgehead atoms. The maximum absolute atomic E-state index is 5.78. The summed E-state index contributed by atoms with van der Waals surface area (Å²) in [5.41, 5.74) is 0. The third kappa shape index (κ3) is 3.30. The summed E-state index contributed by atoms with van der Waals surface area (Å²) in [6.07, 6.45) is 5.41. The Bertz CT molecular complexity index is 350. The fourth-order valence-corrected chi connectivity index (χ4v) is 2.45. The highest BCUT2D eigenvalue weighted by atomic mass is 16.4. The Morgan fingerprint density at radius 3 is 3.18 bits per heavy atom. The first-order chi connectivity index (χ1) is 8.19. The second-order valence-corrected chi connectivity index (χ2v) is 5.14. The standard InChI is InChI=1S/C13H23N3O/c1-10(14-2)12-8-15-13(17-12)7-11-5-4-6-16(3)9-11/h8,10-11,14H,4-7,9H2,1-3H3. The van der Waals surface area contributed by atoms with Crippen molar-refractivity contribution in [1.29, 1.82) is 0 Å². The zero-order chi connectivity index (χ0) is 12.3. The second-order valence-electron chi connectivity index (χ2n) is 5.14. The number of aromatic nitrogens is 1. The van der Waals surface area contributed by atoms with Crippen LogP contribution in [-0.2, 0) is 6.42 Å². The predicted molar refractivity (Wildman–Crippen MR) is 67.9 cm³/mol. The third-order valence-corrected chi connectivity index (χ3v) is 3.62. The number of hydrogen-bond donors (Lipinski definition) is 1. The molecule has 0 saturated carbocycles. The Morgan fingerprint density at radius 1 is 1.65 bits per heavy atom. The maximum Gasteiger partial charge on any atom is 0.194 e. The number of rotatable bonds is 4. The van der Waals surface area contributed by atoms with Crippen molar-refractivity contribution in [2.75, 3.05) is 27.2 Å². The summed E-state index contributed by atoms with van der Waals surface area (Å²) >= 11 is 0. The van der Waals surface area contributed by atoms with Gasteiger partial charge < -0.3 is 14.6 Å². The SMILES string of the molecule is CNC(C)c1cnc(CC2CCCN(C)C2)o1. The molecule has 2 atom stereocenters. The molecule has 4 nitrogen and oxygen atoms in total. The van der Waals surface area contributed by atoms with Crippen LogP contribution >= 0.6 is 0 Å². The van der Waals surface area contributed by atoms with Crippen LogP contribution in [0.15, 0.2) is 10.6 Å². The van der Waals surface area contributed by atoms with Crippen LogP contribution in [0, 0.1) is 5.92 Å². The van der Waals surface area contributed by atoms with E-state index in [1.165, 1.54) is 25.9 Å². The highest BCUT2D eigenvalue weighted by molar-refractivity contribution is 5.00. The number of oxazole rings is 1. The van der Waals surface area contributed by atoms with Gasteiger partial charge in [-0.15, -0.1) is 0 Å². The maximum atomic E-state index is 5.78. The molecule has 1 N–H and O–H groups in total. The molecule has 1 aliphatic rings. The van der Waals surface area contributed by atoms with Crippen LogP contribution < -0.4 is 5.32 Å². The average Bonchev–Trinajstić information content (AvgIpc) is 2.76. The van der Waals surface area contributed by atoms with E-state index >= 15 is 0 Å². The molecule has 1 aromatic heterocycles. The molecule has 2 unspecified atom stereocenters. The van der Waals surface area contributed by atoms with E-state index in [-0.39, 0.29) is 6.04 Å². The van der Waals surface area contributed by atoms with E-state index in [1.54, 1.807) is 0 Å². The number of piperidine rings is 1. The van der Waals surface area contributed by atoms with Crippen molar-refractivity contribution in [3.63, 3.8) is 0 Å². The Labute approximate surface area is 103 Å². The van der Waals surface area contributed by atoms with Crippen molar-refractivity contribution in [2.24, 2.45) is 5.92 Å². The lowest BCUT2D eigenvalue weighted by atomic mass is 9.95. The average molecular weight is 237 g/mol. The van der Waals surface area contributed by atoms with E-state index in [0.717, 1.165) is 18.1 Å². The lowest BCUT2D eigenvalue weighted by Gasteiger charge is -2.28. The summed E-state index contributed by atoms with van der Waals surface area (Å²) in [6.45, 7) is 4.47. The van der Waals surface area contributed by atoms with Gasteiger partial charge in [-0.2, -0.15) is 0 Å². The van der Waals surface area contributed by atoms with Crippen LogP contribution in [-0.4, -0.2) is 37.1 Å². The molecule has 4 heteroatoms. The van der Waals surface area contributed by atoms with Gasteiger partial charge in [0.2, 0.25) is 0 Å². The third-order valence-electron chi connectivity index (χ3n) is 3.62. The van der Waals surface area contributed by atoms with Crippen molar-refractivity contribution in [1.82, 2.24) is 15.2 Å². The van der Waals surface area contributed by atoms with Gasteiger partial charge in [0.1, 0.15) is 5.76 Å². The van der Waals surface area contributed by atoms with E-state index in [2.05, 4.69) is 29.2 Å². The van der Waals surface area contributed by atoms with Crippen LogP contribution in [0.1, 0.15) is 37.5 Å². The molecule has 2 heterocycles. The van der Waals surface area contributed by atoms with E-state index in [9.17, 15) is 0 Å². The van der Waals surface area contributed by atoms with Gasteiger partial charge in [-0.1, -0.05) is 0 Å². The monoisotopic (exact) mass is 237 g/mol. The largest absolute Gasteiger partial charge is 0.444 e. The lowest BCUT2D eigenvalue weighted by molar-refractivity contribution is 0.201.